The summed E-state index contributed by atoms with van der Waals surface area (Å²) in [6.45, 7) is 3.44. The lowest BCUT2D eigenvalue weighted by molar-refractivity contribution is -0.132. The molecule has 0 spiro atoms. The van der Waals surface area contributed by atoms with Crippen LogP contribution in [0.5, 0.6) is 0 Å². The molecule has 0 radical (unpaired) electrons. The number of carbonyl (C=O) groups is 1. The van der Waals surface area contributed by atoms with Crippen LogP contribution in [0.3, 0.4) is 0 Å². The van der Waals surface area contributed by atoms with Gasteiger partial charge in [-0.25, -0.2) is 9.67 Å². The van der Waals surface area contributed by atoms with E-state index in [-0.39, 0.29) is 11.5 Å². The minimum Gasteiger partial charge on any atom is -0.340 e. The summed E-state index contributed by atoms with van der Waals surface area (Å²) in [5.41, 5.74) is 3.02. The number of tetrazole rings is 1. The van der Waals surface area contributed by atoms with Gasteiger partial charge in [-0.2, -0.15) is 0 Å². The Morgan fingerprint density at radius 3 is 2.63 bits per heavy atom. The minimum absolute atomic E-state index is 0.00989. The molecule has 10 nitrogen and oxygen atoms in total. The number of hydrogen-bond donors (Lipinski definition) is 1. The molecule has 1 aliphatic carbocycles. The van der Waals surface area contributed by atoms with E-state index in [1.165, 1.54) is 23.2 Å². The summed E-state index contributed by atoms with van der Waals surface area (Å²) in [4.78, 5) is 39.8. The maximum Gasteiger partial charge on any atom is 0.259 e. The summed E-state index contributed by atoms with van der Waals surface area (Å²) in [5.74, 6) is 0.834. The Labute approximate surface area is 205 Å². The molecule has 0 atom stereocenters. The van der Waals surface area contributed by atoms with E-state index in [2.05, 4.69) is 25.4 Å². The zero-order valence-corrected chi connectivity index (χ0v) is 20.1. The third kappa shape index (κ3) is 4.48. The van der Waals surface area contributed by atoms with Crippen molar-refractivity contribution in [2.75, 3.05) is 26.2 Å². The van der Waals surface area contributed by atoms with Crippen LogP contribution in [0.25, 0.3) is 15.9 Å². The molecule has 4 aromatic rings. The molecular formula is C24H26N8O2S. The van der Waals surface area contributed by atoms with Crippen molar-refractivity contribution in [1.82, 2.24) is 40.0 Å². The highest BCUT2D eigenvalue weighted by Crippen LogP contribution is 2.33. The minimum atomic E-state index is -0.00989. The monoisotopic (exact) mass is 490 g/mol. The van der Waals surface area contributed by atoms with E-state index in [0.29, 0.717) is 31.9 Å². The van der Waals surface area contributed by atoms with Crippen LogP contribution in [0.1, 0.15) is 34.7 Å². The maximum atomic E-state index is 12.8. The summed E-state index contributed by atoms with van der Waals surface area (Å²) in [6, 6.07) is 7.69. The predicted octanol–water partition coefficient (Wildman–Crippen LogP) is 1.73. The first-order chi connectivity index (χ1) is 17.1. The van der Waals surface area contributed by atoms with Crippen molar-refractivity contribution in [2.45, 2.75) is 38.6 Å². The number of fused-ring (bicyclic) bond motifs is 3. The summed E-state index contributed by atoms with van der Waals surface area (Å²) < 4.78 is 1.58. The van der Waals surface area contributed by atoms with Gasteiger partial charge in [0.1, 0.15) is 17.0 Å². The zero-order chi connectivity index (χ0) is 23.8. The van der Waals surface area contributed by atoms with Crippen molar-refractivity contribution in [3.63, 3.8) is 0 Å². The van der Waals surface area contributed by atoms with Crippen LogP contribution in [0.15, 0.2) is 35.4 Å². The highest BCUT2D eigenvalue weighted by atomic mass is 32.1. The van der Waals surface area contributed by atoms with Crippen molar-refractivity contribution in [3.8, 4) is 5.69 Å². The molecule has 0 unspecified atom stereocenters. The number of amides is 1. The van der Waals surface area contributed by atoms with Crippen molar-refractivity contribution >= 4 is 27.5 Å². The van der Waals surface area contributed by atoms with Gasteiger partial charge in [0, 0.05) is 31.1 Å². The first kappa shape index (κ1) is 22.1. The second-order valence-electron chi connectivity index (χ2n) is 9.16. The number of aryl methyl sites for hydroxylation is 2. The van der Waals surface area contributed by atoms with Crippen LogP contribution in [-0.2, 0) is 30.6 Å². The quantitative estimate of drug-likeness (QED) is 0.453. The summed E-state index contributed by atoms with van der Waals surface area (Å²) in [7, 11) is 0. The summed E-state index contributed by atoms with van der Waals surface area (Å²) in [5, 5.41) is 12.0. The molecule has 6 rings (SSSR count). The van der Waals surface area contributed by atoms with Crippen molar-refractivity contribution in [1.29, 1.82) is 0 Å². The van der Waals surface area contributed by atoms with Gasteiger partial charge in [-0.1, -0.05) is 12.1 Å². The van der Waals surface area contributed by atoms with Gasteiger partial charge in [0.25, 0.3) is 5.56 Å². The van der Waals surface area contributed by atoms with Gasteiger partial charge < -0.3 is 9.88 Å². The second kappa shape index (κ2) is 9.31. The molecule has 3 aromatic heterocycles. The number of nitrogens with zero attached hydrogens (tertiary/aromatic N) is 7. The number of aromatic amines is 1. The molecular weight excluding hydrogens is 464 g/mol. The normalized spacial score (nSPS) is 16.5. The number of benzene rings is 1. The highest BCUT2D eigenvalue weighted by molar-refractivity contribution is 7.18. The Morgan fingerprint density at radius 1 is 1.06 bits per heavy atom. The molecule has 1 N–H and O–H groups in total. The van der Waals surface area contributed by atoms with E-state index >= 15 is 0 Å². The Kier molecular flexibility index (Phi) is 5.86. The van der Waals surface area contributed by atoms with Gasteiger partial charge in [-0.15, -0.1) is 16.4 Å². The topological polar surface area (TPSA) is 113 Å². The zero-order valence-electron chi connectivity index (χ0n) is 19.3. The molecule has 1 aliphatic heterocycles. The lowest BCUT2D eigenvalue weighted by atomic mass is 9.97. The number of rotatable bonds is 5. The molecule has 1 aromatic carbocycles. The van der Waals surface area contributed by atoms with Crippen molar-refractivity contribution < 1.29 is 4.79 Å². The van der Waals surface area contributed by atoms with Gasteiger partial charge in [0.05, 0.1) is 24.0 Å². The average molecular weight is 491 g/mol. The van der Waals surface area contributed by atoms with Crippen molar-refractivity contribution in [3.05, 3.63) is 62.8 Å². The van der Waals surface area contributed by atoms with Crippen LogP contribution in [0.4, 0.5) is 0 Å². The van der Waals surface area contributed by atoms with Gasteiger partial charge in [0.15, 0.2) is 0 Å². The van der Waals surface area contributed by atoms with Crippen LogP contribution in [0, 0.1) is 0 Å². The first-order valence-electron chi connectivity index (χ1n) is 12.0. The maximum absolute atomic E-state index is 12.8. The van der Waals surface area contributed by atoms with Crippen LogP contribution >= 0.6 is 11.3 Å². The molecule has 0 saturated carbocycles. The molecule has 4 heterocycles. The van der Waals surface area contributed by atoms with Crippen molar-refractivity contribution in [2.24, 2.45) is 0 Å². The largest absolute Gasteiger partial charge is 0.340 e. The predicted molar refractivity (Wildman–Crippen MR) is 132 cm³/mol. The van der Waals surface area contributed by atoms with E-state index in [9.17, 15) is 9.59 Å². The number of piperazine rings is 1. The number of carbonyl (C=O) groups excluding carboxylic acids is 1. The molecule has 1 saturated heterocycles. The SMILES string of the molecule is O=C(Cc1ccc(-n2cnnn2)cc1)N1CCN(Cc2nc3sc4c(c3c(=O)[nH]2)CCCC4)CC1. The Balaban J connectivity index is 1.05. The number of nitrogens with one attached hydrogen (secondary N) is 1. The molecule has 35 heavy (non-hydrogen) atoms. The molecule has 2 aliphatic rings. The Hall–Kier alpha value is -3.44. The third-order valence-electron chi connectivity index (χ3n) is 6.88. The Bertz CT molecular complexity index is 1400. The lowest BCUT2D eigenvalue weighted by Gasteiger charge is -2.34. The van der Waals surface area contributed by atoms with E-state index < -0.39 is 0 Å². The standard InChI is InChI=1S/C24H26N8O2S/c33-21(13-16-5-7-17(8-6-16)32-15-25-28-29-32)31-11-9-30(10-12-31)14-20-26-23(34)22-18-3-1-2-4-19(18)35-24(22)27-20/h5-8,15H,1-4,9-14H2,(H,26,27,34). The van der Waals surface area contributed by atoms with E-state index in [0.717, 1.165) is 53.8 Å². The summed E-state index contributed by atoms with van der Waals surface area (Å²) >= 11 is 1.68. The van der Waals surface area contributed by atoms with Gasteiger partial charge in [-0.05, 0) is 59.4 Å². The fourth-order valence-electron chi connectivity index (χ4n) is 4.98. The van der Waals surface area contributed by atoms with Crippen LogP contribution in [-0.4, -0.2) is 72.1 Å². The van der Waals surface area contributed by atoms with Gasteiger partial charge in [0.2, 0.25) is 5.91 Å². The van der Waals surface area contributed by atoms with Gasteiger partial charge >= 0.3 is 0 Å². The average Bonchev–Trinajstić information content (AvgIpc) is 3.53. The number of H-pyrrole nitrogens is 1. The third-order valence-corrected chi connectivity index (χ3v) is 8.06. The highest BCUT2D eigenvalue weighted by Gasteiger charge is 2.23. The van der Waals surface area contributed by atoms with Crippen LogP contribution in [0.2, 0.25) is 0 Å². The lowest BCUT2D eigenvalue weighted by Crippen LogP contribution is -2.49. The first-order valence-corrected chi connectivity index (χ1v) is 12.8. The fourth-order valence-corrected chi connectivity index (χ4v) is 6.26. The van der Waals surface area contributed by atoms with E-state index in [1.54, 1.807) is 16.0 Å². The molecule has 180 valence electrons. The number of thiophene rings is 1. The second-order valence-corrected chi connectivity index (χ2v) is 10.2. The fraction of sp³-hybridized carbons (Fsp3) is 0.417. The molecule has 1 fully saturated rings. The number of hydrogen-bond acceptors (Lipinski definition) is 8. The molecule has 0 bridgehead atoms. The van der Waals surface area contributed by atoms with Crippen LogP contribution < -0.4 is 5.56 Å². The smallest absolute Gasteiger partial charge is 0.259 e. The summed E-state index contributed by atoms with van der Waals surface area (Å²) in [6.07, 6.45) is 6.29. The van der Waals surface area contributed by atoms with E-state index in [4.69, 9.17) is 4.98 Å². The number of aromatic nitrogens is 6. The molecule has 11 heteroatoms. The Morgan fingerprint density at radius 2 is 1.86 bits per heavy atom. The van der Waals surface area contributed by atoms with E-state index in [1.807, 2.05) is 29.2 Å². The van der Waals surface area contributed by atoms with Gasteiger partial charge in [-0.3, -0.25) is 14.5 Å². The molecule has 1 amide bonds.